The average molecular weight is 340 g/mol. The number of primary amides is 1. The second kappa shape index (κ2) is 7.23. The molecule has 24 heavy (non-hydrogen) atoms. The summed E-state index contributed by atoms with van der Waals surface area (Å²) in [5.74, 6) is 0.298. The molecule has 0 radical (unpaired) electrons. The average Bonchev–Trinajstić information content (AvgIpc) is 2.63. The SMILES string of the molecule is NC(=O)c1ccc(NC(=O)C2=C(c3ccccc3)SCCO2)cc1. The maximum Gasteiger partial charge on any atom is 0.291 e. The highest BCUT2D eigenvalue weighted by atomic mass is 32.2. The number of anilines is 1. The van der Waals surface area contributed by atoms with Gasteiger partial charge in [-0.1, -0.05) is 30.3 Å². The summed E-state index contributed by atoms with van der Waals surface area (Å²) in [6, 6.07) is 16.1. The fourth-order valence-corrected chi connectivity index (χ4v) is 3.25. The van der Waals surface area contributed by atoms with E-state index in [1.165, 1.54) is 0 Å². The van der Waals surface area contributed by atoms with E-state index in [4.69, 9.17) is 10.5 Å². The zero-order valence-electron chi connectivity index (χ0n) is 12.8. The van der Waals surface area contributed by atoms with Crippen molar-refractivity contribution in [2.45, 2.75) is 0 Å². The van der Waals surface area contributed by atoms with Crippen molar-refractivity contribution in [3.8, 4) is 0 Å². The van der Waals surface area contributed by atoms with Gasteiger partial charge in [-0.2, -0.15) is 0 Å². The van der Waals surface area contributed by atoms with Crippen LogP contribution in [0.15, 0.2) is 60.4 Å². The van der Waals surface area contributed by atoms with Gasteiger partial charge in [0.2, 0.25) is 5.91 Å². The van der Waals surface area contributed by atoms with Crippen LogP contribution in [0.2, 0.25) is 0 Å². The Hall–Kier alpha value is -2.73. The highest BCUT2D eigenvalue weighted by Crippen LogP contribution is 2.35. The van der Waals surface area contributed by atoms with Gasteiger partial charge in [0.1, 0.15) is 0 Å². The molecule has 0 fully saturated rings. The topological polar surface area (TPSA) is 81.4 Å². The number of nitrogens with two attached hydrogens (primary N) is 1. The summed E-state index contributed by atoms with van der Waals surface area (Å²) in [4.78, 5) is 24.5. The molecule has 122 valence electrons. The predicted molar refractivity (Wildman–Crippen MR) is 95.4 cm³/mol. The van der Waals surface area contributed by atoms with Crippen LogP contribution in [0.5, 0.6) is 0 Å². The molecule has 3 rings (SSSR count). The van der Waals surface area contributed by atoms with Gasteiger partial charge in [-0.05, 0) is 29.8 Å². The molecule has 0 saturated carbocycles. The molecule has 0 aliphatic carbocycles. The maximum absolute atomic E-state index is 12.6. The largest absolute Gasteiger partial charge is 0.486 e. The van der Waals surface area contributed by atoms with E-state index in [9.17, 15) is 9.59 Å². The Kier molecular flexibility index (Phi) is 4.86. The Morgan fingerprint density at radius 2 is 1.75 bits per heavy atom. The van der Waals surface area contributed by atoms with Crippen LogP contribution in [0.3, 0.4) is 0 Å². The number of nitrogens with one attached hydrogen (secondary N) is 1. The minimum absolute atomic E-state index is 0.312. The van der Waals surface area contributed by atoms with Gasteiger partial charge in [0.05, 0.1) is 11.5 Å². The van der Waals surface area contributed by atoms with Crippen LogP contribution in [0, 0.1) is 0 Å². The third-order valence-corrected chi connectivity index (χ3v) is 4.53. The molecule has 0 spiro atoms. The molecule has 2 amide bonds. The first-order valence-electron chi connectivity index (χ1n) is 7.41. The Labute approximate surface area is 143 Å². The van der Waals surface area contributed by atoms with Crippen LogP contribution in [0.25, 0.3) is 4.91 Å². The Bertz CT molecular complexity index is 786. The lowest BCUT2D eigenvalue weighted by Gasteiger charge is -2.20. The van der Waals surface area contributed by atoms with Crippen LogP contribution < -0.4 is 11.1 Å². The smallest absolute Gasteiger partial charge is 0.291 e. The summed E-state index contributed by atoms with van der Waals surface area (Å²) in [6.45, 7) is 0.490. The van der Waals surface area contributed by atoms with Crippen LogP contribution >= 0.6 is 11.8 Å². The predicted octanol–water partition coefficient (Wildman–Crippen LogP) is 2.86. The van der Waals surface area contributed by atoms with E-state index in [1.54, 1.807) is 36.0 Å². The second-order valence-electron chi connectivity index (χ2n) is 5.12. The molecule has 0 bridgehead atoms. The molecule has 0 aromatic heterocycles. The third kappa shape index (κ3) is 3.60. The van der Waals surface area contributed by atoms with Gasteiger partial charge < -0.3 is 15.8 Å². The first-order chi connectivity index (χ1) is 11.6. The molecule has 2 aromatic carbocycles. The van der Waals surface area contributed by atoms with Crippen LogP contribution in [0.4, 0.5) is 5.69 Å². The zero-order valence-corrected chi connectivity index (χ0v) is 13.6. The van der Waals surface area contributed by atoms with E-state index >= 15 is 0 Å². The van der Waals surface area contributed by atoms with Gasteiger partial charge in [0, 0.05) is 17.0 Å². The minimum Gasteiger partial charge on any atom is -0.486 e. The summed E-state index contributed by atoms with van der Waals surface area (Å²) >= 11 is 1.60. The number of amides is 2. The summed E-state index contributed by atoms with van der Waals surface area (Å²) in [7, 11) is 0. The van der Waals surface area contributed by atoms with E-state index in [0.29, 0.717) is 23.6 Å². The maximum atomic E-state index is 12.6. The lowest BCUT2D eigenvalue weighted by atomic mass is 10.2. The number of hydrogen-bond acceptors (Lipinski definition) is 4. The van der Waals surface area contributed by atoms with E-state index in [-0.39, 0.29) is 5.91 Å². The summed E-state index contributed by atoms with van der Waals surface area (Å²) in [5, 5.41) is 2.79. The molecule has 1 heterocycles. The van der Waals surface area contributed by atoms with Crippen molar-refractivity contribution in [3.63, 3.8) is 0 Å². The van der Waals surface area contributed by atoms with Crippen molar-refractivity contribution >= 4 is 34.2 Å². The fraction of sp³-hybridized carbons (Fsp3) is 0.111. The Balaban J connectivity index is 1.84. The van der Waals surface area contributed by atoms with Gasteiger partial charge in [0.15, 0.2) is 5.76 Å². The number of ether oxygens (including phenoxy) is 1. The molecule has 0 saturated heterocycles. The van der Waals surface area contributed by atoms with Crippen molar-refractivity contribution in [1.29, 1.82) is 0 Å². The molecule has 6 heteroatoms. The van der Waals surface area contributed by atoms with E-state index < -0.39 is 5.91 Å². The molecule has 3 N–H and O–H groups in total. The standard InChI is InChI=1S/C18H16N2O3S/c19-17(21)13-6-8-14(9-7-13)20-18(22)15-16(24-11-10-23-15)12-4-2-1-3-5-12/h1-9H,10-11H2,(H2,19,21)(H,20,22). The van der Waals surface area contributed by atoms with Gasteiger partial charge in [-0.25, -0.2) is 0 Å². The number of carbonyl (C=O) groups is 2. The van der Waals surface area contributed by atoms with E-state index in [1.807, 2.05) is 30.3 Å². The van der Waals surface area contributed by atoms with Crippen LogP contribution in [0.1, 0.15) is 15.9 Å². The number of hydrogen-bond donors (Lipinski definition) is 2. The fourth-order valence-electron chi connectivity index (χ4n) is 2.30. The lowest BCUT2D eigenvalue weighted by molar-refractivity contribution is -0.115. The summed E-state index contributed by atoms with van der Waals surface area (Å²) < 4.78 is 5.61. The van der Waals surface area contributed by atoms with E-state index in [0.717, 1.165) is 16.2 Å². The van der Waals surface area contributed by atoms with Crippen molar-refractivity contribution in [2.24, 2.45) is 5.73 Å². The highest BCUT2D eigenvalue weighted by molar-refractivity contribution is 8.08. The minimum atomic E-state index is -0.506. The number of thioether (sulfide) groups is 1. The second-order valence-corrected chi connectivity index (χ2v) is 6.22. The molecule has 1 aliphatic heterocycles. The normalized spacial score (nSPS) is 14.0. The number of rotatable bonds is 4. The van der Waals surface area contributed by atoms with Crippen molar-refractivity contribution < 1.29 is 14.3 Å². The molecule has 5 nitrogen and oxygen atoms in total. The Morgan fingerprint density at radius 3 is 2.42 bits per heavy atom. The van der Waals surface area contributed by atoms with Crippen molar-refractivity contribution in [2.75, 3.05) is 17.7 Å². The lowest BCUT2D eigenvalue weighted by Crippen LogP contribution is -2.21. The Morgan fingerprint density at radius 1 is 1.04 bits per heavy atom. The van der Waals surface area contributed by atoms with Crippen molar-refractivity contribution in [3.05, 3.63) is 71.5 Å². The highest BCUT2D eigenvalue weighted by Gasteiger charge is 2.23. The van der Waals surface area contributed by atoms with Gasteiger partial charge in [-0.15, -0.1) is 11.8 Å². The molecule has 2 aromatic rings. The number of carbonyl (C=O) groups excluding carboxylic acids is 2. The first kappa shape index (κ1) is 16.1. The van der Waals surface area contributed by atoms with Gasteiger partial charge in [0.25, 0.3) is 5.91 Å². The van der Waals surface area contributed by atoms with Gasteiger partial charge >= 0.3 is 0 Å². The van der Waals surface area contributed by atoms with Crippen LogP contribution in [-0.2, 0) is 9.53 Å². The molecule has 1 aliphatic rings. The first-order valence-corrected chi connectivity index (χ1v) is 8.40. The molecular weight excluding hydrogens is 324 g/mol. The van der Waals surface area contributed by atoms with Crippen molar-refractivity contribution in [1.82, 2.24) is 0 Å². The number of benzene rings is 2. The van der Waals surface area contributed by atoms with E-state index in [2.05, 4.69) is 5.32 Å². The van der Waals surface area contributed by atoms with Crippen LogP contribution in [-0.4, -0.2) is 24.2 Å². The summed E-state index contributed by atoms with van der Waals surface area (Å²) in [5.41, 5.74) is 7.13. The third-order valence-electron chi connectivity index (χ3n) is 3.45. The molecule has 0 unspecified atom stereocenters. The van der Waals surface area contributed by atoms with Gasteiger partial charge in [-0.3, -0.25) is 9.59 Å². The monoisotopic (exact) mass is 340 g/mol. The summed E-state index contributed by atoms with van der Waals surface area (Å²) in [6.07, 6.45) is 0. The quantitative estimate of drug-likeness (QED) is 0.897. The molecule has 0 atom stereocenters. The molecular formula is C18H16N2O3S. The zero-order chi connectivity index (χ0) is 16.9.